The second-order valence-electron chi connectivity index (χ2n) is 6.17. The number of carbonyl (C=O) groups is 1. The van der Waals surface area contributed by atoms with Gasteiger partial charge in [0.2, 0.25) is 0 Å². The lowest BCUT2D eigenvalue weighted by Gasteiger charge is -2.12. The smallest absolute Gasteiger partial charge is 0.320 e. The van der Waals surface area contributed by atoms with E-state index in [2.05, 4.69) is 51.8 Å². The molecule has 0 fully saturated rings. The lowest BCUT2D eigenvalue weighted by molar-refractivity contribution is 0.252. The van der Waals surface area contributed by atoms with Gasteiger partial charge in [-0.3, -0.25) is 10.3 Å². The number of aryl methyl sites for hydroxylation is 3. The Morgan fingerprint density at radius 1 is 1.04 bits per heavy atom. The number of nitrogens with zero attached hydrogens (tertiary/aromatic N) is 2. The fraction of sp³-hybridized carbons (Fsp3) is 0.250. The topological polar surface area (TPSA) is 66.9 Å². The van der Waals surface area contributed by atoms with E-state index >= 15 is 0 Å². The maximum atomic E-state index is 11.8. The Balaban J connectivity index is 2.15. The lowest BCUT2D eigenvalue weighted by atomic mass is 9.96. The summed E-state index contributed by atoms with van der Waals surface area (Å²) >= 11 is 0. The number of hydrogen-bond donors (Lipinski definition) is 2. The lowest BCUT2D eigenvalue weighted by Crippen LogP contribution is -2.28. The highest BCUT2D eigenvalue weighted by atomic mass is 16.2. The van der Waals surface area contributed by atoms with Crippen molar-refractivity contribution in [2.24, 2.45) is 0 Å². The number of nitrogens with one attached hydrogen (secondary N) is 2. The summed E-state index contributed by atoms with van der Waals surface area (Å²) in [5.41, 5.74) is 5.34. The number of urea groups is 1. The summed E-state index contributed by atoms with van der Waals surface area (Å²) in [7, 11) is 0. The molecule has 0 unspecified atom stereocenters. The largest absolute Gasteiger partial charge is 0.338 e. The molecule has 0 saturated carbocycles. The van der Waals surface area contributed by atoms with E-state index in [4.69, 9.17) is 0 Å². The van der Waals surface area contributed by atoms with Crippen LogP contribution in [-0.2, 0) is 0 Å². The maximum absolute atomic E-state index is 11.8. The standard InChI is InChI=1S/C20H22N4O/c1-5-21-20(25)24-19-10-17-16(7-6-12(2)18(17)11-22-19)15-8-13(3)23-14(4)9-15/h6-11H,5H2,1-4H3,(H2,21,22,24,25). The molecule has 0 saturated heterocycles. The Bertz CT molecular complexity index is 930. The van der Waals surface area contributed by atoms with E-state index < -0.39 is 0 Å². The fourth-order valence-corrected chi connectivity index (χ4v) is 3.01. The first-order valence-corrected chi connectivity index (χ1v) is 8.38. The molecule has 128 valence electrons. The van der Waals surface area contributed by atoms with Gasteiger partial charge in [0.05, 0.1) is 0 Å². The van der Waals surface area contributed by atoms with E-state index in [1.807, 2.05) is 33.0 Å². The van der Waals surface area contributed by atoms with Crippen LogP contribution in [0.5, 0.6) is 0 Å². The van der Waals surface area contributed by atoms with E-state index in [-0.39, 0.29) is 6.03 Å². The zero-order valence-electron chi connectivity index (χ0n) is 15.0. The third kappa shape index (κ3) is 3.60. The zero-order valence-corrected chi connectivity index (χ0v) is 15.0. The fourth-order valence-electron chi connectivity index (χ4n) is 3.01. The van der Waals surface area contributed by atoms with Crippen molar-refractivity contribution >= 4 is 22.6 Å². The van der Waals surface area contributed by atoms with Crippen LogP contribution in [0, 0.1) is 20.8 Å². The van der Waals surface area contributed by atoms with Crippen LogP contribution in [0.1, 0.15) is 23.9 Å². The molecule has 3 rings (SSSR count). The summed E-state index contributed by atoms with van der Waals surface area (Å²) < 4.78 is 0. The molecule has 2 heterocycles. The van der Waals surface area contributed by atoms with Crippen LogP contribution in [0.15, 0.2) is 36.5 Å². The molecule has 1 aromatic carbocycles. The highest BCUT2D eigenvalue weighted by Gasteiger charge is 2.10. The van der Waals surface area contributed by atoms with Crippen molar-refractivity contribution in [1.82, 2.24) is 15.3 Å². The first-order chi connectivity index (χ1) is 12.0. The Hall–Kier alpha value is -2.95. The molecule has 5 heteroatoms. The predicted molar refractivity (Wildman–Crippen MR) is 102 cm³/mol. The van der Waals surface area contributed by atoms with Crippen LogP contribution in [-0.4, -0.2) is 22.5 Å². The van der Waals surface area contributed by atoms with Gasteiger partial charge in [-0.25, -0.2) is 9.78 Å². The van der Waals surface area contributed by atoms with E-state index in [1.165, 1.54) is 0 Å². The average molecular weight is 334 g/mol. The first kappa shape index (κ1) is 16.9. The number of hydrogen-bond acceptors (Lipinski definition) is 3. The van der Waals surface area contributed by atoms with Crippen LogP contribution in [0.25, 0.3) is 21.9 Å². The molecule has 2 amide bonds. The average Bonchev–Trinajstić information content (AvgIpc) is 2.54. The van der Waals surface area contributed by atoms with Crippen LogP contribution in [0.2, 0.25) is 0 Å². The molecule has 2 N–H and O–H groups in total. The molecular formula is C20H22N4O. The number of amides is 2. The molecule has 25 heavy (non-hydrogen) atoms. The van der Waals surface area contributed by atoms with E-state index in [0.717, 1.165) is 38.9 Å². The number of fused-ring (bicyclic) bond motifs is 1. The Morgan fingerprint density at radius 2 is 1.76 bits per heavy atom. The van der Waals surface area contributed by atoms with E-state index in [1.54, 1.807) is 0 Å². The number of aromatic nitrogens is 2. The van der Waals surface area contributed by atoms with E-state index in [0.29, 0.717) is 12.4 Å². The molecule has 3 aromatic rings. The van der Waals surface area contributed by atoms with Crippen molar-refractivity contribution < 1.29 is 4.79 Å². The van der Waals surface area contributed by atoms with Crippen LogP contribution in [0.4, 0.5) is 10.6 Å². The molecule has 0 aliphatic carbocycles. The van der Waals surface area contributed by atoms with Gasteiger partial charge in [-0.05, 0) is 68.0 Å². The van der Waals surface area contributed by atoms with Gasteiger partial charge in [0.25, 0.3) is 0 Å². The van der Waals surface area contributed by atoms with Crippen molar-refractivity contribution in [1.29, 1.82) is 0 Å². The van der Waals surface area contributed by atoms with Gasteiger partial charge in [0.1, 0.15) is 5.82 Å². The minimum atomic E-state index is -0.251. The van der Waals surface area contributed by atoms with Gasteiger partial charge in [-0.1, -0.05) is 12.1 Å². The third-order valence-electron chi connectivity index (χ3n) is 4.09. The molecule has 5 nitrogen and oxygen atoms in total. The number of carbonyl (C=O) groups excluding carboxylic acids is 1. The van der Waals surface area contributed by atoms with Crippen molar-refractivity contribution in [3.8, 4) is 11.1 Å². The third-order valence-corrected chi connectivity index (χ3v) is 4.09. The van der Waals surface area contributed by atoms with Crippen LogP contribution < -0.4 is 10.6 Å². The normalized spacial score (nSPS) is 10.7. The van der Waals surface area contributed by atoms with Gasteiger partial charge >= 0.3 is 6.03 Å². The van der Waals surface area contributed by atoms with E-state index in [9.17, 15) is 4.79 Å². The van der Waals surface area contributed by atoms with Gasteiger partial charge in [-0.2, -0.15) is 0 Å². The van der Waals surface area contributed by atoms with Crippen molar-refractivity contribution in [2.45, 2.75) is 27.7 Å². The summed E-state index contributed by atoms with van der Waals surface area (Å²) in [5, 5.41) is 7.64. The maximum Gasteiger partial charge on any atom is 0.320 e. The Morgan fingerprint density at radius 3 is 2.44 bits per heavy atom. The number of anilines is 1. The molecule has 0 spiro atoms. The highest BCUT2D eigenvalue weighted by Crippen LogP contribution is 2.32. The number of pyridine rings is 2. The van der Waals surface area contributed by atoms with Crippen LogP contribution in [0.3, 0.4) is 0 Å². The number of benzene rings is 1. The van der Waals surface area contributed by atoms with Crippen molar-refractivity contribution in [3.63, 3.8) is 0 Å². The van der Waals surface area contributed by atoms with Crippen LogP contribution >= 0.6 is 0 Å². The Kier molecular flexibility index (Phi) is 4.65. The van der Waals surface area contributed by atoms with Gasteiger partial charge < -0.3 is 5.32 Å². The molecule has 0 atom stereocenters. The second kappa shape index (κ2) is 6.89. The monoisotopic (exact) mass is 334 g/mol. The van der Waals surface area contributed by atoms with Gasteiger partial charge in [0, 0.05) is 29.5 Å². The summed E-state index contributed by atoms with van der Waals surface area (Å²) in [6.45, 7) is 8.50. The van der Waals surface area contributed by atoms with Gasteiger partial charge in [0.15, 0.2) is 0 Å². The Labute approximate surface area is 147 Å². The van der Waals surface area contributed by atoms with Gasteiger partial charge in [-0.15, -0.1) is 0 Å². The molecule has 0 aliphatic heterocycles. The van der Waals surface area contributed by atoms with Crippen molar-refractivity contribution in [2.75, 3.05) is 11.9 Å². The number of rotatable bonds is 3. The molecule has 2 aromatic heterocycles. The molecule has 0 aliphatic rings. The summed E-state index contributed by atoms with van der Waals surface area (Å²) in [6, 6.07) is 10.0. The summed E-state index contributed by atoms with van der Waals surface area (Å²) in [6.07, 6.45) is 1.82. The second-order valence-corrected chi connectivity index (χ2v) is 6.17. The summed E-state index contributed by atoms with van der Waals surface area (Å²) in [4.78, 5) is 20.6. The molecule has 0 bridgehead atoms. The zero-order chi connectivity index (χ0) is 18.0. The minimum Gasteiger partial charge on any atom is -0.338 e. The minimum absolute atomic E-state index is 0.251. The highest BCUT2D eigenvalue weighted by molar-refractivity contribution is 6.00. The first-order valence-electron chi connectivity index (χ1n) is 8.38. The van der Waals surface area contributed by atoms with Crippen molar-refractivity contribution in [3.05, 3.63) is 53.5 Å². The SMILES string of the molecule is CCNC(=O)Nc1cc2c(-c3cc(C)nc(C)c3)ccc(C)c2cn1. The molecule has 0 radical (unpaired) electrons. The summed E-state index contributed by atoms with van der Waals surface area (Å²) in [5.74, 6) is 0.535. The quantitative estimate of drug-likeness (QED) is 0.747. The predicted octanol–water partition coefficient (Wildman–Crippen LogP) is 4.36. The molecular weight excluding hydrogens is 312 g/mol.